The number of aromatic nitrogens is 1. The van der Waals surface area contributed by atoms with E-state index in [0.717, 1.165) is 23.2 Å². The van der Waals surface area contributed by atoms with Crippen molar-refractivity contribution in [1.29, 1.82) is 0 Å². The van der Waals surface area contributed by atoms with Gasteiger partial charge in [0.2, 0.25) is 0 Å². The normalized spacial score (nSPS) is 10.9. The van der Waals surface area contributed by atoms with E-state index in [9.17, 15) is 4.79 Å². The summed E-state index contributed by atoms with van der Waals surface area (Å²) in [5, 5.41) is 1.18. The number of carbonyl (C=O) groups excluding carboxylic acids is 1. The van der Waals surface area contributed by atoms with Crippen molar-refractivity contribution in [2.24, 2.45) is 0 Å². The van der Waals surface area contributed by atoms with Gasteiger partial charge in [-0.3, -0.25) is 9.36 Å². The van der Waals surface area contributed by atoms with E-state index in [1.807, 2.05) is 54.0 Å². The summed E-state index contributed by atoms with van der Waals surface area (Å²) < 4.78 is 1.81. The molecule has 1 heterocycles. The zero-order valence-electron chi connectivity index (χ0n) is 11.8. The number of aryl methyl sites for hydroxylation is 2. The molecule has 0 atom stereocenters. The van der Waals surface area contributed by atoms with Gasteiger partial charge in [-0.2, -0.15) is 0 Å². The van der Waals surface area contributed by atoms with Crippen LogP contribution in [0.25, 0.3) is 10.9 Å². The number of hydrogen-bond acceptors (Lipinski definition) is 1. The van der Waals surface area contributed by atoms with E-state index in [1.54, 1.807) is 0 Å². The van der Waals surface area contributed by atoms with Gasteiger partial charge >= 0.3 is 0 Å². The number of carbonyl (C=O) groups is 1. The van der Waals surface area contributed by atoms with Crippen molar-refractivity contribution in [2.75, 3.05) is 0 Å². The summed E-state index contributed by atoms with van der Waals surface area (Å²) in [4.78, 5) is 12.7. The van der Waals surface area contributed by atoms with E-state index in [0.29, 0.717) is 0 Å². The summed E-state index contributed by atoms with van der Waals surface area (Å²) >= 11 is 0. The lowest BCUT2D eigenvalue weighted by molar-refractivity contribution is 0.0963. The maximum absolute atomic E-state index is 12.7. The summed E-state index contributed by atoms with van der Waals surface area (Å²) in [6.07, 6.45) is 0.973. The molecular formula is C18H17NO. The topological polar surface area (TPSA) is 22.0 Å². The van der Waals surface area contributed by atoms with Gasteiger partial charge < -0.3 is 0 Å². The van der Waals surface area contributed by atoms with Gasteiger partial charge in [-0.15, -0.1) is 0 Å². The fourth-order valence-corrected chi connectivity index (χ4v) is 2.71. The minimum absolute atomic E-state index is 0.0337. The zero-order valence-corrected chi connectivity index (χ0v) is 11.8. The smallest absolute Gasteiger partial charge is 0.262 e. The van der Waals surface area contributed by atoms with Crippen LogP contribution in [0.2, 0.25) is 0 Å². The first-order valence-electron chi connectivity index (χ1n) is 6.92. The van der Waals surface area contributed by atoms with E-state index < -0.39 is 0 Å². The molecule has 0 N–H and O–H groups in total. The second-order valence-corrected chi connectivity index (χ2v) is 5.00. The van der Waals surface area contributed by atoms with Crippen molar-refractivity contribution in [3.05, 3.63) is 71.4 Å². The summed E-state index contributed by atoms with van der Waals surface area (Å²) in [7, 11) is 0. The van der Waals surface area contributed by atoms with Gasteiger partial charge in [0.05, 0.1) is 5.52 Å². The Labute approximate surface area is 118 Å². The molecule has 0 fully saturated rings. The lowest BCUT2D eigenvalue weighted by Gasteiger charge is -2.07. The second kappa shape index (κ2) is 4.97. The summed E-state index contributed by atoms with van der Waals surface area (Å²) in [5.41, 5.74) is 3.98. The van der Waals surface area contributed by atoms with Crippen LogP contribution in [0.4, 0.5) is 0 Å². The standard InChI is InChI=1S/C18H17NO/c1-3-14-10-7-11-17-16(14)12-13(2)19(17)18(20)15-8-5-4-6-9-15/h4-12H,3H2,1-2H3. The number of nitrogens with zero attached hydrogens (tertiary/aromatic N) is 1. The third kappa shape index (κ3) is 1.94. The van der Waals surface area contributed by atoms with Gasteiger partial charge in [0, 0.05) is 16.6 Å². The van der Waals surface area contributed by atoms with Crippen LogP contribution in [-0.2, 0) is 6.42 Å². The second-order valence-electron chi connectivity index (χ2n) is 5.00. The highest BCUT2D eigenvalue weighted by molar-refractivity contribution is 6.03. The van der Waals surface area contributed by atoms with Gasteiger partial charge in [-0.1, -0.05) is 37.3 Å². The predicted octanol–water partition coefficient (Wildman–Crippen LogP) is 4.20. The van der Waals surface area contributed by atoms with Gasteiger partial charge in [0.1, 0.15) is 0 Å². The molecule has 20 heavy (non-hydrogen) atoms. The van der Waals surface area contributed by atoms with Crippen LogP contribution >= 0.6 is 0 Å². The Morgan fingerprint density at radius 2 is 1.80 bits per heavy atom. The molecule has 2 heteroatoms. The molecule has 3 aromatic rings. The van der Waals surface area contributed by atoms with Crippen LogP contribution in [-0.4, -0.2) is 10.5 Å². The fraction of sp³-hybridized carbons (Fsp3) is 0.167. The summed E-state index contributed by atoms with van der Waals surface area (Å²) in [5.74, 6) is 0.0337. The van der Waals surface area contributed by atoms with Gasteiger partial charge in [-0.05, 0) is 43.2 Å². The first-order valence-corrected chi connectivity index (χ1v) is 6.92. The summed E-state index contributed by atoms with van der Waals surface area (Å²) in [6.45, 7) is 4.13. The first kappa shape index (κ1) is 12.7. The molecule has 1 aromatic heterocycles. The number of hydrogen-bond donors (Lipinski definition) is 0. The van der Waals surface area contributed by atoms with Crippen LogP contribution in [0, 0.1) is 6.92 Å². The Hall–Kier alpha value is -2.35. The lowest BCUT2D eigenvalue weighted by Crippen LogP contribution is -2.13. The first-order chi connectivity index (χ1) is 9.72. The minimum atomic E-state index is 0.0337. The quantitative estimate of drug-likeness (QED) is 0.679. The maximum Gasteiger partial charge on any atom is 0.262 e. The van der Waals surface area contributed by atoms with Crippen molar-refractivity contribution in [2.45, 2.75) is 20.3 Å². The minimum Gasteiger partial charge on any atom is -0.280 e. The van der Waals surface area contributed by atoms with Crippen LogP contribution < -0.4 is 0 Å². The molecule has 2 aromatic carbocycles. The van der Waals surface area contributed by atoms with Crippen LogP contribution in [0.5, 0.6) is 0 Å². The highest BCUT2D eigenvalue weighted by Gasteiger charge is 2.15. The van der Waals surface area contributed by atoms with E-state index in [2.05, 4.69) is 19.1 Å². The van der Waals surface area contributed by atoms with Crippen LogP contribution in [0.3, 0.4) is 0 Å². The molecule has 2 nitrogen and oxygen atoms in total. The van der Waals surface area contributed by atoms with Gasteiger partial charge in [0.25, 0.3) is 5.91 Å². The molecule has 0 aliphatic carbocycles. The average molecular weight is 263 g/mol. The molecule has 0 unspecified atom stereocenters. The van der Waals surface area contributed by atoms with Crippen LogP contribution in [0.1, 0.15) is 28.5 Å². The molecule has 0 saturated carbocycles. The molecule has 0 saturated heterocycles. The molecule has 0 bridgehead atoms. The zero-order chi connectivity index (χ0) is 14.1. The molecule has 100 valence electrons. The van der Waals surface area contributed by atoms with Crippen molar-refractivity contribution < 1.29 is 4.79 Å². The number of rotatable bonds is 2. The lowest BCUT2D eigenvalue weighted by atomic mass is 10.1. The van der Waals surface area contributed by atoms with Crippen LogP contribution in [0.15, 0.2) is 54.6 Å². The third-order valence-electron chi connectivity index (χ3n) is 3.72. The Kier molecular flexibility index (Phi) is 3.15. The SMILES string of the molecule is CCc1cccc2c1cc(C)n2C(=O)c1ccccc1. The number of benzene rings is 2. The third-order valence-corrected chi connectivity index (χ3v) is 3.72. The highest BCUT2D eigenvalue weighted by atomic mass is 16.2. The van der Waals surface area contributed by atoms with Gasteiger partial charge in [-0.25, -0.2) is 0 Å². The Bertz CT molecular complexity index is 769. The average Bonchev–Trinajstić information content (AvgIpc) is 2.83. The van der Waals surface area contributed by atoms with E-state index >= 15 is 0 Å². The Morgan fingerprint density at radius 3 is 2.50 bits per heavy atom. The van der Waals surface area contributed by atoms with Crippen molar-refractivity contribution in [3.63, 3.8) is 0 Å². The predicted molar refractivity (Wildman–Crippen MR) is 82.2 cm³/mol. The number of fused-ring (bicyclic) bond motifs is 1. The molecule has 0 amide bonds. The molecule has 0 spiro atoms. The molecular weight excluding hydrogens is 246 g/mol. The maximum atomic E-state index is 12.7. The highest BCUT2D eigenvalue weighted by Crippen LogP contribution is 2.24. The molecule has 0 aliphatic rings. The molecule has 3 rings (SSSR count). The largest absolute Gasteiger partial charge is 0.280 e. The molecule has 0 radical (unpaired) electrons. The monoisotopic (exact) mass is 263 g/mol. The van der Waals surface area contributed by atoms with E-state index in [1.165, 1.54) is 10.9 Å². The van der Waals surface area contributed by atoms with E-state index in [-0.39, 0.29) is 5.91 Å². The van der Waals surface area contributed by atoms with Crippen molar-refractivity contribution in [3.8, 4) is 0 Å². The van der Waals surface area contributed by atoms with Crippen molar-refractivity contribution >= 4 is 16.8 Å². The Balaban J connectivity index is 2.22. The fourth-order valence-electron chi connectivity index (χ4n) is 2.71. The van der Waals surface area contributed by atoms with Crippen molar-refractivity contribution in [1.82, 2.24) is 4.57 Å². The van der Waals surface area contributed by atoms with E-state index in [4.69, 9.17) is 0 Å². The Morgan fingerprint density at radius 1 is 1.05 bits per heavy atom. The summed E-state index contributed by atoms with van der Waals surface area (Å²) in [6, 6.07) is 17.7. The molecule has 0 aliphatic heterocycles. The van der Waals surface area contributed by atoms with Gasteiger partial charge in [0.15, 0.2) is 0 Å².